The molecule has 0 fully saturated rings. The van der Waals surface area contributed by atoms with Crippen molar-refractivity contribution in [3.05, 3.63) is 23.3 Å². The van der Waals surface area contributed by atoms with Gasteiger partial charge in [0.2, 0.25) is 23.3 Å². The van der Waals surface area contributed by atoms with E-state index in [1.807, 2.05) is 0 Å². The third-order valence-electron chi connectivity index (χ3n) is 3.84. The van der Waals surface area contributed by atoms with E-state index in [9.17, 15) is 40.4 Å². The Balaban J connectivity index is 2.78. The predicted octanol–water partition coefficient (Wildman–Crippen LogP) is 1.49. The van der Waals surface area contributed by atoms with Gasteiger partial charge in [0.25, 0.3) is 0 Å². The van der Waals surface area contributed by atoms with Gasteiger partial charge in [-0.05, 0) is 0 Å². The Morgan fingerprint density at radius 3 is 2.00 bits per heavy atom. The zero-order valence-corrected chi connectivity index (χ0v) is 17.4. The number of hydrogen-bond acceptors (Lipinski definition) is 7. The second kappa shape index (κ2) is 10.6. The van der Waals surface area contributed by atoms with Crippen molar-refractivity contribution in [3.8, 4) is 5.75 Å². The molecule has 0 aliphatic rings. The van der Waals surface area contributed by atoms with E-state index in [-0.39, 0.29) is 31.5 Å². The Labute approximate surface area is 174 Å². The van der Waals surface area contributed by atoms with Gasteiger partial charge in [-0.15, -0.1) is 0 Å². The van der Waals surface area contributed by atoms with Crippen molar-refractivity contribution in [1.29, 1.82) is 0 Å². The van der Waals surface area contributed by atoms with Gasteiger partial charge in [0, 0.05) is 19.5 Å². The van der Waals surface area contributed by atoms with E-state index in [1.165, 1.54) is 7.05 Å². The molecule has 1 N–H and O–H groups in total. The number of rotatable bonds is 10. The highest BCUT2D eigenvalue weighted by Crippen LogP contribution is 2.32. The van der Waals surface area contributed by atoms with Gasteiger partial charge in [-0.25, -0.2) is 8.78 Å². The van der Waals surface area contributed by atoms with Gasteiger partial charge in [-0.3, -0.25) is 18.9 Å². The van der Waals surface area contributed by atoms with Crippen molar-refractivity contribution < 1.29 is 54.4 Å². The molecule has 0 radical (unpaired) electrons. The molecule has 14 heteroatoms. The maximum absolute atomic E-state index is 13.8. The fraction of sp³-hybridized carbons (Fsp3) is 0.471. The van der Waals surface area contributed by atoms with Crippen LogP contribution in [0.15, 0.2) is 4.90 Å². The number of carbonyl (C=O) groups excluding carboxylic acids is 3. The number of carbonyl (C=O) groups is 3. The fourth-order valence-corrected chi connectivity index (χ4v) is 2.61. The van der Waals surface area contributed by atoms with Gasteiger partial charge >= 0.3 is 16.1 Å². The van der Waals surface area contributed by atoms with Crippen molar-refractivity contribution in [2.45, 2.75) is 25.2 Å². The molecule has 0 heterocycles. The first-order valence-corrected chi connectivity index (χ1v) is 10.0. The molecule has 0 aromatic heterocycles. The minimum absolute atomic E-state index is 0.0630. The Morgan fingerprint density at radius 1 is 1.03 bits per heavy atom. The molecular formula is C17H19F4NO8S. The Morgan fingerprint density at radius 2 is 1.55 bits per heavy atom. The molecule has 1 aromatic rings. The number of benzene rings is 1. The van der Waals surface area contributed by atoms with Gasteiger partial charge in [0.05, 0.1) is 6.61 Å². The number of likely N-dealkylation sites (N-methyl/N-ethyl adjacent to an activating group) is 1. The smallest absolute Gasteiger partial charge is 0.320 e. The third kappa shape index (κ3) is 6.97. The minimum atomic E-state index is -5.67. The molecule has 0 saturated carbocycles. The summed E-state index contributed by atoms with van der Waals surface area (Å²) in [5.74, 6) is -14.7. The van der Waals surface area contributed by atoms with Gasteiger partial charge in [0.15, 0.2) is 22.3 Å². The molecule has 1 aromatic carbocycles. The van der Waals surface area contributed by atoms with Gasteiger partial charge in [-0.2, -0.15) is 17.2 Å². The zero-order chi connectivity index (χ0) is 24.1. The van der Waals surface area contributed by atoms with Crippen LogP contribution in [0.25, 0.3) is 0 Å². The number of ether oxygens (including phenoxy) is 2. The van der Waals surface area contributed by atoms with E-state index < -0.39 is 62.3 Å². The van der Waals surface area contributed by atoms with Crippen LogP contribution < -0.4 is 4.74 Å². The van der Waals surface area contributed by atoms with E-state index in [2.05, 4.69) is 4.74 Å². The maximum atomic E-state index is 13.8. The van der Waals surface area contributed by atoms with Crippen molar-refractivity contribution in [2.75, 3.05) is 26.8 Å². The van der Waals surface area contributed by atoms with E-state index >= 15 is 0 Å². The van der Waals surface area contributed by atoms with E-state index in [0.717, 1.165) is 4.90 Å². The largest absolute Gasteiger partial charge is 0.420 e. The number of ketones is 1. The van der Waals surface area contributed by atoms with Crippen LogP contribution >= 0.6 is 0 Å². The summed E-state index contributed by atoms with van der Waals surface area (Å²) in [6.45, 7) is 3.04. The molecule has 0 aliphatic carbocycles. The highest BCUT2D eigenvalue weighted by Gasteiger charge is 2.34. The first kappa shape index (κ1) is 26.5. The van der Waals surface area contributed by atoms with Gasteiger partial charge < -0.3 is 14.4 Å². The number of halogens is 4. The van der Waals surface area contributed by atoms with Gasteiger partial charge in [-0.1, -0.05) is 13.8 Å². The minimum Gasteiger partial charge on any atom is -0.420 e. The zero-order valence-electron chi connectivity index (χ0n) is 16.6. The summed E-state index contributed by atoms with van der Waals surface area (Å²) in [5.41, 5.74) is 0. The molecule has 0 aliphatic heterocycles. The topological polar surface area (TPSA) is 127 Å². The van der Waals surface area contributed by atoms with Crippen LogP contribution in [0.3, 0.4) is 0 Å². The van der Waals surface area contributed by atoms with Crippen molar-refractivity contribution in [2.24, 2.45) is 5.92 Å². The monoisotopic (exact) mass is 473 g/mol. The molecule has 0 bridgehead atoms. The highest BCUT2D eigenvalue weighted by molar-refractivity contribution is 7.85. The summed E-state index contributed by atoms with van der Waals surface area (Å²) < 4.78 is 94.7. The lowest BCUT2D eigenvalue weighted by molar-refractivity contribution is -0.142. The van der Waals surface area contributed by atoms with Crippen molar-refractivity contribution in [1.82, 2.24) is 4.90 Å². The van der Waals surface area contributed by atoms with E-state index in [1.54, 1.807) is 13.8 Å². The Bertz CT molecular complexity index is 952. The maximum Gasteiger partial charge on any atom is 0.320 e. The highest BCUT2D eigenvalue weighted by atomic mass is 32.2. The normalized spacial score (nSPS) is 11.5. The standard InChI is InChI=1S/C17H19F4NO8S/c1-8(2)9(23)7-29-5-4-22(3)10(24)6-11(25)30-16-12(18)14(20)17(31(26,27)28)15(21)13(16)19/h8H,4-7H2,1-3H3,(H,26,27,28). The SMILES string of the molecule is CC(C)C(=O)COCCN(C)C(=O)CC(=O)Oc1c(F)c(F)c(S(=O)(=O)O)c(F)c1F. The first-order valence-electron chi connectivity index (χ1n) is 8.57. The lowest BCUT2D eigenvalue weighted by Gasteiger charge is -2.17. The number of Topliss-reactive ketones (excluding diaryl/α,β-unsaturated/α-hetero) is 1. The molecule has 1 amide bonds. The van der Waals surface area contributed by atoms with E-state index in [0.29, 0.717) is 0 Å². The molecule has 9 nitrogen and oxygen atoms in total. The fourth-order valence-electron chi connectivity index (χ4n) is 1.98. The Hall–Kier alpha value is -2.58. The van der Waals surface area contributed by atoms with E-state index in [4.69, 9.17) is 9.29 Å². The molecule has 31 heavy (non-hydrogen) atoms. The molecule has 0 spiro atoms. The number of esters is 1. The lowest BCUT2D eigenvalue weighted by atomic mass is 10.1. The van der Waals surface area contributed by atoms with Crippen molar-refractivity contribution >= 4 is 27.8 Å². The van der Waals surface area contributed by atoms with Crippen LogP contribution in [0, 0.1) is 29.2 Å². The summed E-state index contributed by atoms with van der Waals surface area (Å²) in [7, 11) is -4.43. The second-order valence-corrected chi connectivity index (χ2v) is 7.89. The lowest BCUT2D eigenvalue weighted by Crippen LogP contribution is -2.33. The van der Waals surface area contributed by atoms with Crippen LogP contribution in [0.5, 0.6) is 5.75 Å². The van der Waals surface area contributed by atoms with Crippen LogP contribution in [-0.4, -0.2) is 62.3 Å². The molecule has 0 saturated heterocycles. The summed E-state index contributed by atoms with van der Waals surface area (Å²) in [4.78, 5) is 33.7. The number of nitrogens with zero attached hydrogens (tertiary/aromatic N) is 1. The van der Waals surface area contributed by atoms with Crippen LogP contribution in [0.4, 0.5) is 17.6 Å². The summed E-state index contributed by atoms with van der Waals surface area (Å²) >= 11 is 0. The first-order chi connectivity index (χ1) is 14.2. The molecule has 174 valence electrons. The third-order valence-corrected chi connectivity index (χ3v) is 4.71. The number of amides is 1. The molecule has 1 rings (SSSR count). The van der Waals surface area contributed by atoms with Crippen LogP contribution in [-0.2, 0) is 29.2 Å². The average molecular weight is 473 g/mol. The quantitative estimate of drug-likeness (QED) is 0.103. The summed E-state index contributed by atoms with van der Waals surface area (Å²) in [6.07, 6.45) is -1.09. The van der Waals surface area contributed by atoms with Crippen LogP contribution in [0.1, 0.15) is 20.3 Å². The average Bonchev–Trinajstić information content (AvgIpc) is 2.65. The van der Waals surface area contributed by atoms with Crippen molar-refractivity contribution in [3.63, 3.8) is 0 Å². The molecule has 0 unspecified atom stereocenters. The summed E-state index contributed by atoms with van der Waals surface area (Å²) in [6, 6.07) is 0. The Kier molecular flexibility index (Phi) is 9.08. The molecule has 0 atom stereocenters. The number of hydrogen-bond donors (Lipinski definition) is 1. The van der Waals surface area contributed by atoms with Crippen LogP contribution in [0.2, 0.25) is 0 Å². The molecular weight excluding hydrogens is 454 g/mol. The van der Waals surface area contributed by atoms with Gasteiger partial charge in [0.1, 0.15) is 13.0 Å². The predicted molar refractivity (Wildman–Crippen MR) is 94.6 cm³/mol. The second-order valence-electron chi connectivity index (χ2n) is 6.53. The summed E-state index contributed by atoms with van der Waals surface area (Å²) in [5, 5.41) is 0.